The SMILES string of the molecule is CCOC(=O)/C=C/CNC(C(=O)OC)C(C)C. The molecule has 0 aliphatic heterocycles. The lowest BCUT2D eigenvalue weighted by Gasteiger charge is -2.18. The van der Waals surface area contributed by atoms with Gasteiger partial charge in [-0.25, -0.2) is 4.79 Å². The highest BCUT2D eigenvalue weighted by Crippen LogP contribution is 2.02. The Morgan fingerprint density at radius 1 is 1.35 bits per heavy atom. The van der Waals surface area contributed by atoms with Gasteiger partial charge in [0.05, 0.1) is 13.7 Å². The molecule has 0 saturated heterocycles. The molecule has 0 aromatic carbocycles. The molecule has 98 valence electrons. The maximum Gasteiger partial charge on any atom is 0.330 e. The van der Waals surface area contributed by atoms with Gasteiger partial charge in [0, 0.05) is 12.6 Å². The van der Waals surface area contributed by atoms with Crippen molar-refractivity contribution in [2.24, 2.45) is 5.92 Å². The molecule has 0 aliphatic rings. The van der Waals surface area contributed by atoms with Crippen LogP contribution in [-0.2, 0) is 19.1 Å². The Kier molecular flexibility index (Phi) is 8.05. The highest BCUT2D eigenvalue weighted by molar-refractivity contribution is 5.81. The number of hydrogen-bond acceptors (Lipinski definition) is 5. The van der Waals surface area contributed by atoms with Crippen LogP contribution in [0.2, 0.25) is 0 Å². The van der Waals surface area contributed by atoms with Crippen LogP contribution < -0.4 is 5.32 Å². The second kappa shape index (κ2) is 8.75. The van der Waals surface area contributed by atoms with Crippen molar-refractivity contribution in [3.8, 4) is 0 Å². The summed E-state index contributed by atoms with van der Waals surface area (Å²) >= 11 is 0. The number of carbonyl (C=O) groups excluding carboxylic acids is 2. The third-order valence-corrected chi connectivity index (χ3v) is 2.12. The zero-order valence-corrected chi connectivity index (χ0v) is 10.9. The van der Waals surface area contributed by atoms with Crippen LogP contribution in [0.15, 0.2) is 12.2 Å². The van der Waals surface area contributed by atoms with E-state index in [-0.39, 0.29) is 23.9 Å². The van der Waals surface area contributed by atoms with Crippen LogP contribution in [-0.4, -0.2) is 38.2 Å². The van der Waals surface area contributed by atoms with Crippen molar-refractivity contribution in [1.29, 1.82) is 0 Å². The van der Waals surface area contributed by atoms with E-state index >= 15 is 0 Å². The third-order valence-electron chi connectivity index (χ3n) is 2.12. The number of ether oxygens (including phenoxy) is 2. The molecule has 0 aliphatic carbocycles. The van der Waals surface area contributed by atoms with Gasteiger partial charge < -0.3 is 14.8 Å². The molecular weight excluding hydrogens is 222 g/mol. The average Bonchev–Trinajstić information content (AvgIpc) is 2.28. The minimum absolute atomic E-state index is 0.124. The molecule has 0 fully saturated rings. The van der Waals surface area contributed by atoms with Gasteiger partial charge >= 0.3 is 11.9 Å². The maximum atomic E-state index is 11.4. The highest BCUT2D eigenvalue weighted by atomic mass is 16.5. The lowest BCUT2D eigenvalue weighted by Crippen LogP contribution is -2.41. The van der Waals surface area contributed by atoms with E-state index in [1.165, 1.54) is 13.2 Å². The van der Waals surface area contributed by atoms with Crippen LogP contribution in [0.3, 0.4) is 0 Å². The zero-order valence-electron chi connectivity index (χ0n) is 10.9. The van der Waals surface area contributed by atoms with Crippen molar-refractivity contribution in [1.82, 2.24) is 5.32 Å². The number of carbonyl (C=O) groups is 2. The molecule has 0 saturated carbocycles. The topological polar surface area (TPSA) is 64.6 Å². The van der Waals surface area contributed by atoms with Crippen molar-refractivity contribution in [3.63, 3.8) is 0 Å². The first-order valence-electron chi connectivity index (χ1n) is 5.67. The van der Waals surface area contributed by atoms with E-state index in [0.717, 1.165) is 0 Å². The fourth-order valence-corrected chi connectivity index (χ4v) is 1.26. The summed E-state index contributed by atoms with van der Waals surface area (Å²) < 4.78 is 9.39. The molecule has 0 rings (SSSR count). The first-order valence-corrected chi connectivity index (χ1v) is 5.67. The van der Waals surface area contributed by atoms with E-state index < -0.39 is 0 Å². The van der Waals surface area contributed by atoms with Gasteiger partial charge in [-0.3, -0.25) is 4.79 Å². The fourth-order valence-electron chi connectivity index (χ4n) is 1.26. The summed E-state index contributed by atoms with van der Waals surface area (Å²) in [5.41, 5.74) is 0. The molecule has 5 heteroatoms. The third kappa shape index (κ3) is 6.73. The monoisotopic (exact) mass is 243 g/mol. The van der Waals surface area contributed by atoms with Crippen LogP contribution in [0.5, 0.6) is 0 Å². The molecule has 0 aromatic rings. The lowest BCUT2D eigenvalue weighted by molar-refractivity contribution is -0.144. The van der Waals surface area contributed by atoms with E-state index in [1.54, 1.807) is 13.0 Å². The molecule has 1 unspecified atom stereocenters. The Morgan fingerprint density at radius 2 is 2.00 bits per heavy atom. The first-order chi connectivity index (χ1) is 8.02. The van der Waals surface area contributed by atoms with Crippen LogP contribution in [0, 0.1) is 5.92 Å². The molecule has 17 heavy (non-hydrogen) atoms. The Balaban J connectivity index is 4.06. The van der Waals surface area contributed by atoms with Gasteiger partial charge in [0.25, 0.3) is 0 Å². The lowest BCUT2D eigenvalue weighted by atomic mass is 10.0. The molecule has 0 heterocycles. The Morgan fingerprint density at radius 3 is 2.47 bits per heavy atom. The summed E-state index contributed by atoms with van der Waals surface area (Å²) in [5, 5.41) is 3.00. The summed E-state index contributed by atoms with van der Waals surface area (Å²) in [6.07, 6.45) is 2.96. The minimum Gasteiger partial charge on any atom is -0.468 e. The summed E-state index contributed by atoms with van der Waals surface area (Å²) in [7, 11) is 1.36. The molecule has 5 nitrogen and oxygen atoms in total. The van der Waals surface area contributed by atoms with Gasteiger partial charge in [0.2, 0.25) is 0 Å². The Hall–Kier alpha value is -1.36. The zero-order chi connectivity index (χ0) is 13.3. The van der Waals surface area contributed by atoms with Crippen molar-refractivity contribution < 1.29 is 19.1 Å². The van der Waals surface area contributed by atoms with E-state index in [0.29, 0.717) is 13.2 Å². The molecular formula is C12H21NO4. The van der Waals surface area contributed by atoms with E-state index in [4.69, 9.17) is 4.74 Å². The van der Waals surface area contributed by atoms with Gasteiger partial charge in [-0.15, -0.1) is 0 Å². The van der Waals surface area contributed by atoms with Crippen molar-refractivity contribution in [2.45, 2.75) is 26.8 Å². The number of rotatable bonds is 7. The number of methoxy groups -OCH3 is 1. The summed E-state index contributed by atoms with van der Waals surface area (Å²) in [4.78, 5) is 22.4. The standard InChI is InChI=1S/C12H21NO4/c1-5-17-10(14)7-6-8-13-11(9(2)3)12(15)16-4/h6-7,9,11,13H,5,8H2,1-4H3/b7-6+. The quantitative estimate of drug-likeness (QED) is 0.531. The predicted octanol–water partition coefficient (Wildman–Crippen LogP) is 0.893. The summed E-state index contributed by atoms with van der Waals surface area (Å²) in [6, 6.07) is -0.369. The predicted molar refractivity (Wildman–Crippen MR) is 64.4 cm³/mol. The Bertz CT molecular complexity index is 274. The molecule has 0 radical (unpaired) electrons. The van der Waals surface area contributed by atoms with E-state index in [1.807, 2.05) is 13.8 Å². The summed E-state index contributed by atoms with van der Waals surface area (Å²) in [5.74, 6) is -0.559. The summed E-state index contributed by atoms with van der Waals surface area (Å²) in [6.45, 7) is 6.35. The second-order valence-corrected chi connectivity index (χ2v) is 3.81. The van der Waals surface area contributed by atoms with Crippen molar-refractivity contribution >= 4 is 11.9 Å². The van der Waals surface area contributed by atoms with Gasteiger partial charge in [-0.1, -0.05) is 19.9 Å². The fraction of sp³-hybridized carbons (Fsp3) is 0.667. The highest BCUT2D eigenvalue weighted by Gasteiger charge is 2.21. The molecule has 0 aromatic heterocycles. The van der Waals surface area contributed by atoms with Crippen LogP contribution >= 0.6 is 0 Å². The van der Waals surface area contributed by atoms with Gasteiger partial charge in [-0.2, -0.15) is 0 Å². The molecule has 0 spiro atoms. The minimum atomic E-state index is -0.381. The van der Waals surface area contributed by atoms with Gasteiger partial charge in [0.1, 0.15) is 6.04 Å². The van der Waals surface area contributed by atoms with Crippen molar-refractivity contribution in [2.75, 3.05) is 20.3 Å². The van der Waals surface area contributed by atoms with Gasteiger partial charge in [-0.05, 0) is 12.8 Å². The maximum absolute atomic E-state index is 11.4. The van der Waals surface area contributed by atoms with Crippen LogP contribution in [0.4, 0.5) is 0 Å². The van der Waals surface area contributed by atoms with Crippen LogP contribution in [0.25, 0.3) is 0 Å². The van der Waals surface area contributed by atoms with E-state index in [9.17, 15) is 9.59 Å². The van der Waals surface area contributed by atoms with E-state index in [2.05, 4.69) is 10.1 Å². The average molecular weight is 243 g/mol. The second-order valence-electron chi connectivity index (χ2n) is 3.81. The largest absolute Gasteiger partial charge is 0.468 e. The number of esters is 2. The molecule has 1 N–H and O–H groups in total. The number of hydrogen-bond donors (Lipinski definition) is 1. The Labute approximate surface area is 102 Å². The molecule has 1 atom stereocenters. The molecule has 0 amide bonds. The molecule has 0 bridgehead atoms. The first kappa shape index (κ1) is 15.6. The number of nitrogens with one attached hydrogen (secondary N) is 1. The normalized spacial score (nSPS) is 12.8. The van der Waals surface area contributed by atoms with Gasteiger partial charge in [0.15, 0.2) is 0 Å². The smallest absolute Gasteiger partial charge is 0.330 e. The van der Waals surface area contributed by atoms with Crippen LogP contribution in [0.1, 0.15) is 20.8 Å². The van der Waals surface area contributed by atoms with Crippen molar-refractivity contribution in [3.05, 3.63) is 12.2 Å².